The number of pyridine rings is 1. The molecule has 1 saturated heterocycles. The predicted molar refractivity (Wildman–Crippen MR) is 107 cm³/mol. The van der Waals surface area contributed by atoms with E-state index in [2.05, 4.69) is 9.88 Å². The third-order valence-electron chi connectivity index (χ3n) is 5.20. The van der Waals surface area contributed by atoms with Gasteiger partial charge in [-0.25, -0.2) is 0 Å². The molecule has 0 aliphatic carbocycles. The summed E-state index contributed by atoms with van der Waals surface area (Å²) < 4.78 is 44.2. The van der Waals surface area contributed by atoms with Crippen molar-refractivity contribution >= 4 is 22.4 Å². The standard InChI is InChI=1S/C22H20ClF3N2O/c23-21-12-19(11-16-5-8-27-13-20(16)21)29-18-6-9-28(10-7-18)14-15-1-3-17(4-2-15)22(24,25)26/h1-5,8,11-13,18H,6-7,9-10,14H2. The summed E-state index contributed by atoms with van der Waals surface area (Å²) in [6.45, 7) is 2.30. The molecular weight excluding hydrogens is 401 g/mol. The fraction of sp³-hybridized carbons (Fsp3) is 0.318. The third kappa shape index (κ3) is 4.82. The number of hydrogen-bond donors (Lipinski definition) is 0. The highest BCUT2D eigenvalue weighted by Crippen LogP contribution is 2.31. The number of alkyl halides is 3. The van der Waals surface area contributed by atoms with Crippen molar-refractivity contribution in [2.75, 3.05) is 13.1 Å². The molecule has 2 aromatic carbocycles. The first-order valence-electron chi connectivity index (χ1n) is 9.47. The summed E-state index contributed by atoms with van der Waals surface area (Å²) in [5.74, 6) is 0.745. The Morgan fingerprint density at radius 1 is 1.07 bits per heavy atom. The van der Waals surface area contributed by atoms with Gasteiger partial charge in [0.2, 0.25) is 0 Å². The van der Waals surface area contributed by atoms with Crippen LogP contribution in [0.5, 0.6) is 5.75 Å². The van der Waals surface area contributed by atoms with Crippen molar-refractivity contribution in [3.63, 3.8) is 0 Å². The Labute approximate surface area is 172 Å². The van der Waals surface area contributed by atoms with E-state index in [9.17, 15) is 13.2 Å². The number of rotatable bonds is 4. The Kier molecular flexibility index (Phi) is 5.65. The van der Waals surface area contributed by atoms with Crippen LogP contribution in [0.25, 0.3) is 10.8 Å². The zero-order chi connectivity index (χ0) is 20.4. The van der Waals surface area contributed by atoms with E-state index < -0.39 is 11.7 Å². The number of hydrogen-bond acceptors (Lipinski definition) is 3. The van der Waals surface area contributed by atoms with E-state index in [-0.39, 0.29) is 6.10 Å². The summed E-state index contributed by atoms with van der Waals surface area (Å²) in [6, 6.07) is 11.1. The number of benzene rings is 2. The number of nitrogens with zero attached hydrogens (tertiary/aromatic N) is 2. The summed E-state index contributed by atoms with van der Waals surface area (Å²) in [7, 11) is 0. The average Bonchev–Trinajstić information content (AvgIpc) is 2.69. The van der Waals surface area contributed by atoms with E-state index in [1.165, 1.54) is 0 Å². The molecule has 152 valence electrons. The molecule has 29 heavy (non-hydrogen) atoms. The zero-order valence-corrected chi connectivity index (χ0v) is 16.4. The summed E-state index contributed by atoms with van der Waals surface area (Å²) >= 11 is 6.33. The minimum Gasteiger partial charge on any atom is -0.490 e. The second-order valence-corrected chi connectivity index (χ2v) is 7.70. The molecule has 0 saturated carbocycles. The SMILES string of the molecule is FC(F)(F)c1ccc(CN2CCC(Oc3cc(Cl)c4cnccc4c3)CC2)cc1. The van der Waals surface area contributed by atoms with Crippen LogP contribution in [0.4, 0.5) is 13.2 Å². The Bertz CT molecular complexity index is 984. The minimum atomic E-state index is -4.30. The molecule has 2 heterocycles. The fourth-order valence-corrected chi connectivity index (χ4v) is 3.90. The average molecular weight is 421 g/mol. The molecule has 0 amide bonds. The molecule has 3 aromatic rings. The van der Waals surface area contributed by atoms with E-state index in [1.807, 2.05) is 18.2 Å². The molecule has 0 bridgehead atoms. The first kappa shape index (κ1) is 20.0. The van der Waals surface area contributed by atoms with Gasteiger partial charge in [-0.05, 0) is 54.1 Å². The Hall–Kier alpha value is -2.31. The van der Waals surface area contributed by atoms with Crippen LogP contribution in [0.1, 0.15) is 24.0 Å². The van der Waals surface area contributed by atoms with Crippen molar-refractivity contribution in [3.8, 4) is 5.75 Å². The number of ether oxygens (including phenoxy) is 1. The van der Waals surface area contributed by atoms with Gasteiger partial charge in [-0.2, -0.15) is 13.2 Å². The van der Waals surface area contributed by atoms with E-state index in [1.54, 1.807) is 24.5 Å². The molecule has 7 heteroatoms. The van der Waals surface area contributed by atoms with Gasteiger partial charge >= 0.3 is 6.18 Å². The Morgan fingerprint density at radius 3 is 2.48 bits per heavy atom. The largest absolute Gasteiger partial charge is 0.490 e. The van der Waals surface area contributed by atoms with Gasteiger partial charge in [-0.3, -0.25) is 9.88 Å². The Morgan fingerprint density at radius 2 is 1.79 bits per heavy atom. The van der Waals surface area contributed by atoms with Gasteiger partial charge in [0.05, 0.1) is 10.6 Å². The quantitative estimate of drug-likeness (QED) is 0.521. The summed E-state index contributed by atoms with van der Waals surface area (Å²) in [6.07, 6.45) is 0.966. The van der Waals surface area contributed by atoms with Crippen LogP contribution in [0, 0.1) is 0 Å². The lowest BCUT2D eigenvalue weighted by Gasteiger charge is -2.32. The lowest BCUT2D eigenvalue weighted by atomic mass is 10.1. The van der Waals surface area contributed by atoms with Crippen LogP contribution in [0.3, 0.4) is 0 Å². The highest BCUT2D eigenvalue weighted by Gasteiger charge is 2.30. The molecular formula is C22H20ClF3N2O. The minimum absolute atomic E-state index is 0.0919. The molecule has 0 N–H and O–H groups in total. The topological polar surface area (TPSA) is 25.4 Å². The lowest BCUT2D eigenvalue weighted by Crippen LogP contribution is -2.37. The third-order valence-corrected chi connectivity index (χ3v) is 5.52. The number of piperidine rings is 1. The maximum absolute atomic E-state index is 12.7. The first-order valence-corrected chi connectivity index (χ1v) is 9.85. The molecule has 0 unspecified atom stereocenters. The Balaban J connectivity index is 1.33. The first-order chi connectivity index (χ1) is 13.9. The van der Waals surface area contributed by atoms with Crippen LogP contribution in [0.2, 0.25) is 5.02 Å². The van der Waals surface area contributed by atoms with Gasteiger partial charge in [0.25, 0.3) is 0 Å². The second-order valence-electron chi connectivity index (χ2n) is 7.29. The van der Waals surface area contributed by atoms with E-state index >= 15 is 0 Å². The van der Waals surface area contributed by atoms with Crippen molar-refractivity contribution in [2.24, 2.45) is 0 Å². The van der Waals surface area contributed by atoms with Gasteiger partial charge in [0, 0.05) is 37.4 Å². The number of halogens is 4. The molecule has 1 aromatic heterocycles. The van der Waals surface area contributed by atoms with Crippen LogP contribution in [-0.2, 0) is 12.7 Å². The summed E-state index contributed by atoms with van der Waals surface area (Å²) in [4.78, 5) is 6.33. The predicted octanol–water partition coefficient (Wildman–Crippen LogP) is 5.95. The van der Waals surface area contributed by atoms with E-state index in [0.717, 1.165) is 60.1 Å². The smallest absolute Gasteiger partial charge is 0.416 e. The zero-order valence-electron chi connectivity index (χ0n) is 15.6. The van der Waals surface area contributed by atoms with Crippen LogP contribution in [-0.4, -0.2) is 29.1 Å². The molecule has 0 spiro atoms. The lowest BCUT2D eigenvalue weighted by molar-refractivity contribution is -0.137. The van der Waals surface area contributed by atoms with Gasteiger partial charge in [0.1, 0.15) is 11.9 Å². The summed E-state index contributed by atoms with van der Waals surface area (Å²) in [5, 5.41) is 2.50. The van der Waals surface area contributed by atoms with Gasteiger partial charge in [-0.1, -0.05) is 23.7 Å². The van der Waals surface area contributed by atoms with Crippen LogP contribution >= 0.6 is 11.6 Å². The number of likely N-dealkylation sites (tertiary alicyclic amines) is 1. The van der Waals surface area contributed by atoms with Crippen LogP contribution in [0.15, 0.2) is 54.9 Å². The van der Waals surface area contributed by atoms with Crippen molar-refractivity contribution in [2.45, 2.75) is 31.7 Å². The molecule has 0 radical (unpaired) electrons. The van der Waals surface area contributed by atoms with E-state index in [0.29, 0.717) is 11.6 Å². The molecule has 1 aliphatic heterocycles. The van der Waals surface area contributed by atoms with Gasteiger partial charge < -0.3 is 4.74 Å². The van der Waals surface area contributed by atoms with Crippen molar-refractivity contribution in [1.82, 2.24) is 9.88 Å². The number of aromatic nitrogens is 1. The van der Waals surface area contributed by atoms with Crippen LogP contribution < -0.4 is 4.74 Å². The molecule has 0 atom stereocenters. The molecule has 1 fully saturated rings. The maximum Gasteiger partial charge on any atom is 0.416 e. The van der Waals surface area contributed by atoms with E-state index in [4.69, 9.17) is 16.3 Å². The monoisotopic (exact) mass is 420 g/mol. The van der Waals surface area contributed by atoms with Gasteiger partial charge in [-0.15, -0.1) is 0 Å². The molecule has 3 nitrogen and oxygen atoms in total. The highest BCUT2D eigenvalue weighted by molar-refractivity contribution is 6.35. The second kappa shape index (κ2) is 8.20. The van der Waals surface area contributed by atoms with Gasteiger partial charge in [0.15, 0.2) is 0 Å². The maximum atomic E-state index is 12.7. The van der Waals surface area contributed by atoms with Crippen molar-refractivity contribution in [3.05, 3.63) is 71.0 Å². The number of fused-ring (bicyclic) bond motifs is 1. The normalized spacial score (nSPS) is 16.3. The van der Waals surface area contributed by atoms with Crippen molar-refractivity contribution < 1.29 is 17.9 Å². The molecule has 4 rings (SSSR count). The summed E-state index contributed by atoms with van der Waals surface area (Å²) in [5.41, 5.74) is 0.269. The molecule has 1 aliphatic rings. The highest BCUT2D eigenvalue weighted by atomic mass is 35.5. The van der Waals surface area contributed by atoms with Crippen molar-refractivity contribution in [1.29, 1.82) is 0 Å². The fourth-order valence-electron chi connectivity index (χ4n) is 3.63.